The summed E-state index contributed by atoms with van der Waals surface area (Å²) in [5.74, 6) is -0.791. The highest BCUT2D eigenvalue weighted by molar-refractivity contribution is 7.07. The van der Waals surface area contributed by atoms with E-state index in [9.17, 15) is 14.7 Å². The Labute approximate surface area is 116 Å². The van der Waals surface area contributed by atoms with E-state index in [1.807, 2.05) is 0 Å². The highest BCUT2D eigenvalue weighted by Gasteiger charge is 2.18. The van der Waals surface area contributed by atoms with Crippen molar-refractivity contribution in [1.82, 2.24) is 14.4 Å². The summed E-state index contributed by atoms with van der Waals surface area (Å²) in [4.78, 5) is 29.1. The molecule has 20 heavy (non-hydrogen) atoms. The van der Waals surface area contributed by atoms with Gasteiger partial charge in [-0.3, -0.25) is 9.20 Å². The summed E-state index contributed by atoms with van der Waals surface area (Å²) in [6.07, 6.45) is 1.64. The summed E-state index contributed by atoms with van der Waals surface area (Å²) in [6.45, 7) is 0.308. The zero-order valence-corrected chi connectivity index (χ0v) is 11.0. The van der Waals surface area contributed by atoms with Gasteiger partial charge in [0.15, 0.2) is 11.5 Å². The van der Waals surface area contributed by atoms with Gasteiger partial charge in [0.05, 0.1) is 6.54 Å². The molecule has 3 N–H and O–H groups in total. The fourth-order valence-corrected chi connectivity index (χ4v) is 2.48. The summed E-state index contributed by atoms with van der Waals surface area (Å²) < 4.78 is 1.50. The predicted molar refractivity (Wildman–Crippen MR) is 74.4 cm³/mol. The molecule has 3 rings (SSSR count). The minimum absolute atomic E-state index is 0.0678. The zero-order valence-electron chi connectivity index (χ0n) is 10.2. The van der Waals surface area contributed by atoms with E-state index in [4.69, 9.17) is 0 Å². The lowest BCUT2D eigenvalue weighted by Gasteiger charge is -2.02. The average molecular weight is 290 g/mol. The van der Waals surface area contributed by atoms with Crippen molar-refractivity contribution in [2.75, 3.05) is 5.32 Å². The van der Waals surface area contributed by atoms with Gasteiger partial charge in [-0.1, -0.05) is 17.4 Å². The van der Waals surface area contributed by atoms with Crippen molar-refractivity contribution in [2.24, 2.45) is 0 Å². The summed E-state index contributed by atoms with van der Waals surface area (Å²) in [5, 5.41) is 13.9. The van der Waals surface area contributed by atoms with Gasteiger partial charge >= 0.3 is 10.8 Å². The van der Waals surface area contributed by atoms with Crippen molar-refractivity contribution in [3.8, 4) is 0 Å². The molecule has 8 heteroatoms. The summed E-state index contributed by atoms with van der Waals surface area (Å²) in [5.41, 5.74) is 1.30. The Bertz CT molecular complexity index is 832. The molecule has 3 heterocycles. The van der Waals surface area contributed by atoms with E-state index in [1.54, 1.807) is 29.8 Å². The van der Waals surface area contributed by atoms with E-state index in [-0.39, 0.29) is 16.4 Å². The lowest BCUT2D eigenvalue weighted by molar-refractivity contribution is 0.0690. The van der Waals surface area contributed by atoms with E-state index in [0.717, 1.165) is 11.3 Å². The highest BCUT2D eigenvalue weighted by Crippen LogP contribution is 2.18. The monoisotopic (exact) mass is 290 g/mol. The van der Waals surface area contributed by atoms with Gasteiger partial charge < -0.3 is 15.4 Å². The molecular formula is C12H10N4O3S. The first-order valence-electron chi connectivity index (χ1n) is 5.76. The third-order valence-electron chi connectivity index (χ3n) is 2.75. The second-order valence-electron chi connectivity index (χ2n) is 4.07. The lowest BCUT2D eigenvalue weighted by Crippen LogP contribution is -2.08. The fourth-order valence-electron chi connectivity index (χ4n) is 1.90. The molecule has 3 aromatic heterocycles. The number of hydrogen-bond donors (Lipinski definition) is 3. The Morgan fingerprint density at radius 1 is 1.50 bits per heavy atom. The molecule has 0 aliphatic heterocycles. The van der Waals surface area contributed by atoms with Crippen molar-refractivity contribution in [2.45, 2.75) is 6.54 Å². The smallest absolute Gasteiger partial charge is 0.356 e. The topological polar surface area (TPSA) is 99.5 Å². The second kappa shape index (κ2) is 4.82. The van der Waals surface area contributed by atoms with Crippen molar-refractivity contribution < 1.29 is 9.90 Å². The standard InChI is InChI=1S/C12H10N4O3S/c17-11(18)9-10(13-5-7-6-20-12(19)14-7)15-8-3-1-2-4-16(8)9/h1-4,6,13H,5H2,(H,14,19)(H,17,18). The van der Waals surface area contributed by atoms with Crippen LogP contribution in [0.25, 0.3) is 5.65 Å². The van der Waals surface area contributed by atoms with Crippen LogP contribution in [0.1, 0.15) is 16.2 Å². The van der Waals surface area contributed by atoms with Crippen LogP contribution < -0.4 is 10.2 Å². The van der Waals surface area contributed by atoms with E-state index in [2.05, 4.69) is 15.3 Å². The molecule has 0 spiro atoms. The zero-order chi connectivity index (χ0) is 14.1. The molecule has 3 aromatic rings. The molecule has 0 fully saturated rings. The van der Waals surface area contributed by atoms with Crippen LogP contribution in [0.5, 0.6) is 0 Å². The minimum Gasteiger partial charge on any atom is -0.476 e. The number of thiazole rings is 1. The maximum atomic E-state index is 11.4. The molecule has 0 aliphatic carbocycles. The molecule has 102 valence electrons. The number of fused-ring (bicyclic) bond motifs is 1. The van der Waals surface area contributed by atoms with Gasteiger partial charge in [-0.2, -0.15) is 0 Å². The van der Waals surface area contributed by atoms with Crippen LogP contribution in [-0.4, -0.2) is 25.4 Å². The maximum absolute atomic E-state index is 11.4. The van der Waals surface area contributed by atoms with E-state index < -0.39 is 5.97 Å². The number of nitrogens with one attached hydrogen (secondary N) is 2. The molecule has 0 bridgehead atoms. The van der Waals surface area contributed by atoms with Crippen LogP contribution >= 0.6 is 11.3 Å². The first-order valence-corrected chi connectivity index (χ1v) is 6.64. The number of carboxylic acids is 1. The van der Waals surface area contributed by atoms with Crippen molar-refractivity contribution in [3.63, 3.8) is 0 Å². The Balaban J connectivity index is 1.96. The molecule has 0 aliphatic rings. The maximum Gasteiger partial charge on any atom is 0.356 e. The number of H-pyrrole nitrogens is 1. The minimum atomic E-state index is -1.06. The molecule has 7 nitrogen and oxygen atoms in total. The number of anilines is 1. The molecule has 0 saturated heterocycles. The van der Waals surface area contributed by atoms with Crippen molar-refractivity contribution >= 4 is 28.8 Å². The van der Waals surface area contributed by atoms with Crippen molar-refractivity contribution in [3.05, 3.63) is 50.8 Å². The quantitative estimate of drug-likeness (QED) is 0.674. The molecular weight excluding hydrogens is 280 g/mol. The Kier molecular flexibility index (Phi) is 2.99. The Hall–Kier alpha value is -2.61. The molecule has 0 aromatic carbocycles. The van der Waals surface area contributed by atoms with Gasteiger partial charge in [-0.25, -0.2) is 9.78 Å². The van der Waals surface area contributed by atoms with Gasteiger partial charge in [0.25, 0.3) is 0 Å². The number of carbonyl (C=O) groups is 1. The normalized spacial score (nSPS) is 10.8. The number of aromatic amines is 1. The summed E-state index contributed by atoms with van der Waals surface area (Å²) in [6, 6.07) is 5.25. The van der Waals surface area contributed by atoms with Gasteiger partial charge in [-0.05, 0) is 12.1 Å². The number of aromatic carboxylic acids is 1. The van der Waals surface area contributed by atoms with Gasteiger partial charge in [0.1, 0.15) is 5.65 Å². The summed E-state index contributed by atoms with van der Waals surface area (Å²) >= 11 is 1.06. The van der Waals surface area contributed by atoms with Crippen LogP contribution in [0.15, 0.2) is 34.6 Å². The third-order valence-corrected chi connectivity index (χ3v) is 3.47. The van der Waals surface area contributed by atoms with Gasteiger partial charge in [-0.15, -0.1) is 0 Å². The number of carboxylic acid groups (broad SMARTS) is 1. The Morgan fingerprint density at radius 3 is 3.05 bits per heavy atom. The fraction of sp³-hybridized carbons (Fsp3) is 0.0833. The number of nitrogens with zero attached hydrogens (tertiary/aromatic N) is 2. The van der Waals surface area contributed by atoms with Crippen LogP contribution in [0.4, 0.5) is 5.82 Å². The largest absolute Gasteiger partial charge is 0.476 e. The third kappa shape index (κ3) is 2.16. The summed E-state index contributed by atoms with van der Waals surface area (Å²) in [7, 11) is 0. The van der Waals surface area contributed by atoms with E-state index in [0.29, 0.717) is 17.9 Å². The van der Waals surface area contributed by atoms with E-state index in [1.165, 1.54) is 4.40 Å². The highest BCUT2D eigenvalue weighted by atomic mass is 32.1. The van der Waals surface area contributed by atoms with E-state index >= 15 is 0 Å². The number of aromatic nitrogens is 3. The molecule has 0 radical (unpaired) electrons. The van der Waals surface area contributed by atoms with Gasteiger partial charge in [0, 0.05) is 17.3 Å². The number of rotatable bonds is 4. The van der Waals surface area contributed by atoms with Crippen LogP contribution in [-0.2, 0) is 6.54 Å². The molecule has 0 unspecified atom stereocenters. The predicted octanol–water partition coefficient (Wildman–Crippen LogP) is 1.39. The lowest BCUT2D eigenvalue weighted by atomic mass is 10.4. The Morgan fingerprint density at radius 2 is 2.35 bits per heavy atom. The molecule has 0 saturated carbocycles. The average Bonchev–Trinajstić information content (AvgIpc) is 2.99. The van der Waals surface area contributed by atoms with Crippen LogP contribution in [0.3, 0.4) is 0 Å². The molecule has 0 atom stereocenters. The number of hydrogen-bond acceptors (Lipinski definition) is 5. The first-order chi connectivity index (χ1) is 9.65. The second-order valence-corrected chi connectivity index (χ2v) is 4.91. The van der Waals surface area contributed by atoms with Crippen LogP contribution in [0.2, 0.25) is 0 Å². The number of imidazole rings is 1. The number of pyridine rings is 1. The van der Waals surface area contributed by atoms with Gasteiger partial charge in [0.2, 0.25) is 0 Å². The molecule has 0 amide bonds. The van der Waals surface area contributed by atoms with Crippen LogP contribution in [0, 0.1) is 0 Å². The first kappa shape index (κ1) is 12.4. The SMILES string of the molecule is O=C(O)c1c(NCc2csc(=O)[nH]2)nc2ccccn12. The van der Waals surface area contributed by atoms with Crippen molar-refractivity contribution in [1.29, 1.82) is 0 Å².